The molecule has 24 heavy (non-hydrogen) atoms. The third kappa shape index (κ3) is 4.29. The molecule has 1 saturated heterocycles. The number of hydrogen-bond donors (Lipinski definition) is 0. The van der Waals surface area contributed by atoms with E-state index in [4.69, 9.17) is 9.15 Å². The van der Waals surface area contributed by atoms with E-state index in [1.807, 2.05) is 29.2 Å². The second-order valence-corrected chi connectivity index (χ2v) is 6.61. The number of likely N-dealkylation sites (tertiary alicyclic amines) is 1. The summed E-state index contributed by atoms with van der Waals surface area (Å²) in [5.41, 5.74) is 0.828. The second kappa shape index (κ2) is 8.19. The smallest absolute Gasteiger partial charge is 0.277 e. The first-order valence-corrected chi connectivity index (χ1v) is 9.13. The van der Waals surface area contributed by atoms with Crippen molar-refractivity contribution >= 4 is 17.7 Å². The van der Waals surface area contributed by atoms with Crippen LogP contribution in [0.25, 0.3) is 11.5 Å². The molecule has 1 fully saturated rings. The molecular weight excluding hydrogens is 326 g/mol. The highest BCUT2D eigenvalue weighted by Crippen LogP contribution is 2.25. The van der Waals surface area contributed by atoms with Crippen LogP contribution in [0.4, 0.5) is 0 Å². The maximum Gasteiger partial charge on any atom is 0.277 e. The van der Waals surface area contributed by atoms with Gasteiger partial charge in [-0.2, -0.15) is 0 Å². The van der Waals surface area contributed by atoms with Crippen LogP contribution in [0.2, 0.25) is 0 Å². The molecular formula is C17H21N3O3S. The summed E-state index contributed by atoms with van der Waals surface area (Å²) in [6.07, 6.45) is 4.62. The molecule has 0 unspecified atom stereocenters. The third-order valence-corrected chi connectivity index (χ3v) is 4.82. The Morgan fingerprint density at radius 3 is 2.54 bits per heavy atom. The number of hydrogen-bond acceptors (Lipinski definition) is 6. The fourth-order valence-electron chi connectivity index (χ4n) is 2.65. The molecule has 1 aliphatic heterocycles. The molecule has 0 aliphatic carbocycles. The van der Waals surface area contributed by atoms with Gasteiger partial charge in [0.1, 0.15) is 5.75 Å². The minimum absolute atomic E-state index is 0.145. The first kappa shape index (κ1) is 16.8. The molecule has 128 valence electrons. The van der Waals surface area contributed by atoms with Gasteiger partial charge in [-0.15, -0.1) is 10.2 Å². The highest BCUT2D eigenvalue weighted by Gasteiger charge is 2.17. The number of amides is 1. The van der Waals surface area contributed by atoms with E-state index in [0.717, 1.165) is 37.2 Å². The van der Waals surface area contributed by atoms with Crippen LogP contribution in [-0.4, -0.2) is 47.0 Å². The Morgan fingerprint density at radius 1 is 1.17 bits per heavy atom. The van der Waals surface area contributed by atoms with E-state index in [-0.39, 0.29) is 5.91 Å². The molecule has 6 nitrogen and oxygen atoms in total. The highest BCUT2D eigenvalue weighted by molar-refractivity contribution is 7.99. The predicted octanol–water partition coefficient (Wildman–Crippen LogP) is 3.24. The summed E-state index contributed by atoms with van der Waals surface area (Å²) in [6, 6.07) is 7.41. The quantitative estimate of drug-likeness (QED) is 0.774. The van der Waals surface area contributed by atoms with E-state index in [0.29, 0.717) is 16.9 Å². The van der Waals surface area contributed by atoms with Crippen LogP contribution < -0.4 is 4.74 Å². The molecule has 1 aliphatic rings. The van der Waals surface area contributed by atoms with E-state index in [1.54, 1.807) is 7.11 Å². The van der Waals surface area contributed by atoms with Gasteiger partial charge < -0.3 is 14.1 Å². The van der Waals surface area contributed by atoms with Gasteiger partial charge in [0, 0.05) is 18.7 Å². The summed E-state index contributed by atoms with van der Waals surface area (Å²) in [6.45, 7) is 1.72. The lowest BCUT2D eigenvalue weighted by Crippen LogP contribution is -2.33. The molecule has 0 spiro atoms. The van der Waals surface area contributed by atoms with E-state index >= 15 is 0 Å². The van der Waals surface area contributed by atoms with Crippen molar-refractivity contribution in [3.63, 3.8) is 0 Å². The molecule has 0 saturated carbocycles. The van der Waals surface area contributed by atoms with Gasteiger partial charge in [0.05, 0.1) is 12.9 Å². The van der Waals surface area contributed by atoms with Crippen molar-refractivity contribution in [1.29, 1.82) is 0 Å². The number of benzene rings is 1. The lowest BCUT2D eigenvalue weighted by molar-refractivity contribution is -0.128. The van der Waals surface area contributed by atoms with Crippen LogP contribution in [0.15, 0.2) is 33.9 Å². The van der Waals surface area contributed by atoms with Crippen LogP contribution in [-0.2, 0) is 4.79 Å². The molecule has 3 rings (SSSR count). The summed E-state index contributed by atoms with van der Waals surface area (Å²) >= 11 is 1.30. The van der Waals surface area contributed by atoms with Crippen LogP contribution in [0.5, 0.6) is 5.75 Å². The van der Waals surface area contributed by atoms with E-state index in [9.17, 15) is 4.79 Å². The summed E-state index contributed by atoms with van der Waals surface area (Å²) < 4.78 is 10.8. The van der Waals surface area contributed by atoms with Crippen LogP contribution in [0, 0.1) is 0 Å². The van der Waals surface area contributed by atoms with Crippen molar-refractivity contribution < 1.29 is 13.9 Å². The Hall–Kier alpha value is -2.02. The van der Waals surface area contributed by atoms with Crippen molar-refractivity contribution in [1.82, 2.24) is 15.1 Å². The first-order chi connectivity index (χ1) is 11.8. The standard InChI is InChI=1S/C17H21N3O3S/c1-22-14-8-6-13(7-9-14)16-18-19-17(23-16)24-12-15(21)20-10-4-2-3-5-11-20/h6-9H,2-5,10-12H2,1H3. The van der Waals surface area contributed by atoms with Gasteiger partial charge in [-0.25, -0.2) is 0 Å². The largest absolute Gasteiger partial charge is 0.497 e. The zero-order chi connectivity index (χ0) is 16.8. The van der Waals surface area contributed by atoms with Gasteiger partial charge in [0.25, 0.3) is 5.22 Å². The van der Waals surface area contributed by atoms with Crippen LogP contribution >= 0.6 is 11.8 Å². The maximum atomic E-state index is 12.3. The number of thioether (sulfide) groups is 1. The molecule has 2 aromatic rings. The molecule has 2 heterocycles. The van der Waals surface area contributed by atoms with Crippen molar-refractivity contribution in [3.05, 3.63) is 24.3 Å². The normalized spacial score (nSPS) is 15.1. The van der Waals surface area contributed by atoms with Crippen LogP contribution in [0.1, 0.15) is 25.7 Å². The average Bonchev–Trinajstić information content (AvgIpc) is 2.92. The number of carbonyl (C=O) groups excluding carboxylic acids is 1. The van der Waals surface area contributed by atoms with Gasteiger partial charge in [-0.05, 0) is 37.1 Å². The molecule has 0 atom stereocenters. The van der Waals surface area contributed by atoms with Crippen molar-refractivity contribution in [2.75, 3.05) is 26.0 Å². The summed E-state index contributed by atoms with van der Waals surface area (Å²) in [5.74, 6) is 1.70. The van der Waals surface area contributed by atoms with Gasteiger partial charge >= 0.3 is 0 Å². The Labute approximate surface area is 145 Å². The molecule has 1 amide bonds. The topological polar surface area (TPSA) is 68.5 Å². The lowest BCUT2D eigenvalue weighted by Gasteiger charge is -2.19. The minimum atomic E-state index is 0.145. The Bertz CT molecular complexity index is 664. The number of ether oxygens (including phenoxy) is 1. The monoisotopic (exact) mass is 347 g/mol. The van der Waals surface area contributed by atoms with E-state index < -0.39 is 0 Å². The fourth-order valence-corrected chi connectivity index (χ4v) is 3.32. The average molecular weight is 347 g/mol. The Kier molecular flexibility index (Phi) is 5.74. The van der Waals surface area contributed by atoms with Gasteiger partial charge in [0.15, 0.2) is 0 Å². The Morgan fingerprint density at radius 2 is 1.88 bits per heavy atom. The molecule has 1 aromatic carbocycles. The number of methoxy groups -OCH3 is 1. The number of carbonyl (C=O) groups is 1. The number of rotatable bonds is 5. The van der Waals surface area contributed by atoms with Crippen LogP contribution in [0.3, 0.4) is 0 Å². The maximum absolute atomic E-state index is 12.3. The van der Waals surface area contributed by atoms with Gasteiger partial charge in [-0.1, -0.05) is 24.6 Å². The second-order valence-electron chi connectivity index (χ2n) is 5.69. The Balaban J connectivity index is 1.56. The molecule has 1 aromatic heterocycles. The SMILES string of the molecule is COc1ccc(-c2nnc(SCC(=O)N3CCCCCC3)o2)cc1. The first-order valence-electron chi connectivity index (χ1n) is 8.15. The zero-order valence-corrected chi connectivity index (χ0v) is 14.6. The minimum Gasteiger partial charge on any atom is -0.497 e. The molecule has 0 N–H and O–H groups in total. The predicted molar refractivity (Wildman–Crippen MR) is 92.1 cm³/mol. The summed E-state index contributed by atoms with van der Waals surface area (Å²) in [7, 11) is 1.62. The van der Waals surface area contributed by atoms with Gasteiger partial charge in [-0.3, -0.25) is 4.79 Å². The van der Waals surface area contributed by atoms with E-state index in [2.05, 4.69) is 10.2 Å². The summed E-state index contributed by atoms with van der Waals surface area (Å²) in [5, 5.41) is 8.48. The summed E-state index contributed by atoms with van der Waals surface area (Å²) in [4.78, 5) is 14.2. The lowest BCUT2D eigenvalue weighted by atomic mass is 10.2. The van der Waals surface area contributed by atoms with Crippen molar-refractivity contribution in [3.8, 4) is 17.2 Å². The van der Waals surface area contributed by atoms with Crippen molar-refractivity contribution in [2.45, 2.75) is 30.9 Å². The van der Waals surface area contributed by atoms with E-state index in [1.165, 1.54) is 24.6 Å². The van der Waals surface area contributed by atoms with Gasteiger partial charge in [0.2, 0.25) is 11.8 Å². The fraction of sp³-hybridized carbons (Fsp3) is 0.471. The highest BCUT2D eigenvalue weighted by atomic mass is 32.2. The third-order valence-electron chi connectivity index (χ3n) is 4.02. The molecule has 0 radical (unpaired) electrons. The molecule has 7 heteroatoms. The number of aromatic nitrogens is 2. The van der Waals surface area contributed by atoms with Crippen molar-refractivity contribution in [2.24, 2.45) is 0 Å². The number of nitrogens with zero attached hydrogens (tertiary/aromatic N) is 3. The molecule has 0 bridgehead atoms. The zero-order valence-electron chi connectivity index (χ0n) is 13.7.